The summed E-state index contributed by atoms with van der Waals surface area (Å²) in [6.45, 7) is 7.30. The molecule has 1 heterocycles. The standard InChI is InChI=1S/C23H29N3O2/c1-16-13-26(15-18-7-5-4-6-8-18)14-17(2)21(16)25(3)23(28)20-11-9-19(10-12-20)22(24)27/h4-12,16-17,21H,13-15H2,1-3H3,(H2,24,27)/t16-,17+,21?. The predicted molar refractivity (Wildman–Crippen MR) is 111 cm³/mol. The topological polar surface area (TPSA) is 66.6 Å². The monoisotopic (exact) mass is 379 g/mol. The van der Waals surface area contributed by atoms with Crippen molar-refractivity contribution in [3.8, 4) is 0 Å². The number of primary amides is 1. The molecule has 1 aliphatic rings. The predicted octanol–water partition coefficient (Wildman–Crippen LogP) is 3.01. The van der Waals surface area contributed by atoms with Crippen molar-refractivity contribution in [1.82, 2.24) is 9.80 Å². The molecule has 1 aliphatic heterocycles. The molecule has 1 fully saturated rings. The van der Waals surface area contributed by atoms with E-state index in [9.17, 15) is 9.59 Å². The maximum absolute atomic E-state index is 13.0. The molecular formula is C23H29N3O2. The van der Waals surface area contributed by atoms with E-state index in [0.29, 0.717) is 23.0 Å². The number of hydrogen-bond acceptors (Lipinski definition) is 3. The maximum Gasteiger partial charge on any atom is 0.253 e. The fourth-order valence-electron chi connectivity index (χ4n) is 4.52. The summed E-state index contributed by atoms with van der Waals surface area (Å²) >= 11 is 0. The van der Waals surface area contributed by atoms with Gasteiger partial charge in [-0.3, -0.25) is 14.5 Å². The molecule has 2 aromatic carbocycles. The van der Waals surface area contributed by atoms with Crippen molar-refractivity contribution in [2.75, 3.05) is 20.1 Å². The van der Waals surface area contributed by atoms with Crippen LogP contribution in [-0.2, 0) is 6.54 Å². The van der Waals surface area contributed by atoms with E-state index >= 15 is 0 Å². The van der Waals surface area contributed by atoms with Crippen molar-refractivity contribution in [1.29, 1.82) is 0 Å². The van der Waals surface area contributed by atoms with Crippen molar-refractivity contribution >= 4 is 11.8 Å². The molecule has 5 heteroatoms. The number of carbonyl (C=O) groups excluding carboxylic acids is 2. The Balaban J connectivity index is 1.67. The molecule has 28 heavy (non-hydrogen) atoms. The van der Waals surface area contributed by atoms with E-state index in [1.807, 2.05) is 18.0 Å². The van der Waals surface area contributed by atoms with E-state index in [1.54, 1.807) is 24.3 Å². The van der Waals surface area contributed by atoms with Crippen molar-refractivity contribution in [2.45, 2.75) is 26.4 Å². The summed E-state index contributed by atoms with van der Waals surface area (Å²) in [6.07, 6.45) is 0. The second-order valence-corrected chi connectivity index (χ2v) is 7.98. The van der Waals surface area contributed by atoms with Gasteiger partial charge in [-0.25, -0.2) is 0 Å². The Hall–Kier alpha value is -2.66. The van der Waals surface area contributed by atoms with Gasteiger partial charge in [-0.1, -0.05) is 44.2 Å². The Morgan fingerprint density at radius 2 is 1.50 bits per heavy atom. The number of carbonyl (C=O) groups is 2. The van der Waals surface area contributed by atoms with Gasteiger partial charge in [0.2, 0.25) is 5.91 Å². The molecule has 3 rings (SSSR count). The van der Waals surface area contributed by atoms with E-state index < -0.39 is 5.91 Å². The number of nitrogens with zero attached hydrogens (tertiary/aromatic N) is 2. The Morgan fingerprint density at radius 3 is 2.04 bits per heavy atom. The van der Waals surface area contributed by atoms with E-state index in [-0.39, 0.29) is 11.9 Å². The number of hydrogen-bond donors (Lipinski definition) is 1. The van der Waals surface area contributed by atoms with Crippen molar-refractivity contribution < 1.29 is 9.59 Å². The molecule has 1 saturated heterocycles. The molecule has 1 unspecified atom stereocenters. The molecule has 3 atom stereocenters. The van der Waals surface area contributed by atoms with Gasteiger partial charge in [0.05, 0.1) is 0 Å². The highest BCUT2D eigenvalue weighted by Gasteiger charge is 2.36. The van der Waals surface area contributed by atoms with Crippen LogP contribution >= 0.6 is 0 Å². The highest BCUT2D eigenvalue weighted by Crippen LogP contribution is 2.28. The summed E-state index contributed by atoms with van der Waals surface area (Å²) < 4.78 is 0. The van der Waals surface area contributed by atoms with Crippen LogP contribution in [0.4, 0.5) is 0 Å². The summed E-state index contributed by atoms with van der Waals surface area (Å²) in [5.41, 5.74) is 7.60. The smallest absolute Gasteiger partial charge is 0.253 e. The van der Waals surface area contributed by atoms with Gasteiger partial charge in [-0.2, -0.15) is 0 Å². The molecule has 0 spiro atoms. The fourth-order valence-corrected chi connectivity index (χ4v) is 4.52. The largest absolute Gasteiger partial charge is 0.366 e. The van der Waals surface area contributed by atoms with Gasteiger partial charge in [0, 0.05) is 43.9 Å². The second-order valence-electron chi connectivity index (χ2n) is 7.98. The van der Waals surface area contributed by atoms with Crippen LogP contribution in [0.3, 0.4) is 0 Å². The minimum Gasteiger partial charge on any atom is -0.366 e. The van der Waals surface area contributed by atoms with Crippen LogP contribution in [0.5, 0.6) is 0 Å². The summed E-state index contributed by atoms with van der Waals surface area (Å²) in [4.78, 5) is 28.6. The first-order valence-electron chi connectivity index (χ1n) is 9.80. The average molecular weight is 380 g/mol. The lowest BCUT2D eigenvalue weighted by atomic mass is 9.84. The van der Waals surface area contributed by atoms with Crippen LogP contribution in [0.25, 0.3) is 0 Å². The molecule has 0 radical (unpaired) electrons. The molecule has 2 amide bonds. The lowest BCUT2D eigenvalue weighted by Crippen LogP contribution is -2.55. The lowest BCUT2D eigenvalue weighted by Gasteiger charge is -2.45. The van der Waals surface area contributed by atoms with Gasteiger partial charge in [-0.05, 0) is 41.7 Å². The molecule has 0 aromatic heterocycles. The van der Waals surface area contributed by atoms with Gasteiger partial charge in [-0.15, -0.1) is 0 Å². The highest BCUT2D eigenvalue weighted by atomic mass is 16.2. The fraction of sp³-hybridized carbons (Fsp3) is 0.391. The maximum atomic E-state index is 13.0. The number of benzene rings is 2. The number of piperidine rings is 1. The first-order valence-corrected chi connectivity index (χ1v) is 9.80. The molecular weight excluding hydrogens is 350 g/mol. The summed E-state index contributed by atoms with van der Waals surface area (Å²) in [7, 11) is 1.88. The van der Waals surface area contributed by atoms with Crippen LogP contribution in [0.1, 0.15) is 40.1 Å². The van der Waals surface area contributed by atoms with Crippen molar-refractivity contribution in [3.05, 3.63) is 71.3 Å². The van der Waals surface area contributed by atoms with E-state index in [4.69, 9.17) is 5.73 Å². The first kappa shape index (κ1) is 20.1. The van der Waals surface area contributed by atoms with Gasteiger partial charge < -0.3 is 10.6 Å². The summed E-state index contributed by atoms with van der Waals surface area (Å²) in [6, 6.07) is 17.3. The molecule has 0 aliphatic carbocycles. The van der Waals surface area contributed by atoms with Crippen LogP contribution in [0.2, 0.25) is 0 Å². The zero-order valence-electron chi connectivity index (χ0n) is 16.8. The van der Waals surface area contributed by atoms with Gasteiger partial charge in [0.1, 0.15) is 0 Å². The summed E-state index contributed by atoms with van der Waals surface area (Å²) in [5, 5.41) is 0. The Bertz CT molecular complexity index is 808. The number of nitrogens with two attached hydrogens (primary N) is 1. The van der Waals surface area contributed by atoms with E-state index in [1.165, 1.54) is 5.56 Å². The average Bonchev–Trinajstić information content (AvgIpc) is 2.67. The zero-order chi connectivity index (χ0) is 20.3. The molecule has 2 N–H and O–H groups in total. The number of amides is 2. The van der Waals surface area contributed by atoms with Crippen LogP contribution in [0.15, 0.2) is 54.6 Å². The second kappa shape index (κ2) is 8.57. The highest BCUT2D eigenvalue weighted by molar-refractivity contribution is 5.97. The van der Waals surface area contributed by atoms with Gasteiger partial charge >= 0.3 is 0 Å². The Labute approximate surface area is 167 Å². The SMILES string of the molecule is C[C@@H]1CN(Cc2ccccc2)C[C@H](C)C1N(C)C(=O)c1ccc(C(N)=O)cc1. The van der Waals surface area contributed by atoms with Crippen LogP contribution < -0.4 is 5.73 Å². The molecule has 2 aromatic rings. The minimum atomic E-state index is -0.486. The third kappa shape index (κ3) is 4.42. The van der Waals surface area contributed by atoms with Crippen LogP contribution in [-0.4, -0.2) is 47.8 Å². The minimum absolute atomic E-state index is 0.0174. The molecule has 148 valence electrons. The van der Waals surface area contributed by atoms with Crippen molar-refractivity contribution in [3.63, 3.8) is 0 Å². The van der Waals surface area contributed by atoms with Crippen LogP contribution in [0, 0.1) is 11.8 Å². The van der Waals surface area contributed by atoms with Gasteiger partial charge in [0.25, 0.3) is 5.91 Å². The first-order chi connectivity index (χ1) is 13.4. The number of rotatable bonds is 5. The summed E-state index contributed by atoms with van der Waals surface area (Å²) in [5.74, 6) is 0.231. The lowest BCUT2D eigenvalue weighted by molar-refractivity contribution is 0.0271. The molecule has 0 saturated carbocycles. The third-order valence-corrected chi connectivity index (χ3v) is 5.69. The van der Waals surface area contributed by atoms with E-state index in [2.05, 4.69) is 43.0 Å². The Morgan fingerprint density at radius 1 is 0.964 bits per heavy atom. The van der Waals surface area contributed by atoms with Gasteiger partial charge in [0.15, 0.2) is 0 Å². The zero-order valence-corrected chi connectivity index (χ0v) is 16.8. The Kier molecular flexibility index (Phi) is 6.15. The van der Waals surface area contributed by atoms with Crippen molar-refractivity contribution in [2.24, 2.45) is 17.6 Å². The third-order valence-electron chi connectivity index (χ3n) is 5.69. The number of likely N-dealkylation sites (tertiary alicyclic amines) is 1. The normalized spacial score (nSPS) is 22.6. The molecule has 0 bridgehead atoms. The quantitative estimate of drug-likeness (QED) is 0.868. The molecule has 5 nitrogen and oxygen atoms in total. The van der Waals surface area contributed by atoms with E-state index in [0.717, 1.165) is 19.6 Å².